The molecule has 6 nitrogen and oxygen atoms in total. The molecular formula is C15H15N3O3. The molecule has 0 saturated heterocycles. The molecular weight excluding hydrogens is 270 g/mol. The molecule has 1 amide bonds. The van der Waals surface area contributed by atoms with Gasteiger partial charge in [-0.15, -0.1) is 0 Å². The highest BCUT2D eigenvalue weighted by Crippen LogP contribution is 2.22. The molecule has 1 atom stereocenters. The van der Waals surface area contributed by atoms with E-state index in [1.165, 1.54) is 18.2 Å². The van der Waals surface area contributed by atoms with Gasteiger partial charge in [-0.25, -0.2) is 0 Å². The average Bonchev–Trinajstić information content (AvgIpc) is 2.49. The number of nitrogens with zero attached hydrogens (tertiary/aromatic N) is 1. The number of amides is 1. The van der Waals surface area contributed by atoms with E-state index in [-0.39, 0.29) is 11.6 Å². The number of nitrogens with two attached hydrogens (primary N) is 1. The Morgan fingerprint density at radius 2 is 1.90 bits per heavy atom. The lowest BCUT2D eigenvalue weighted by Crippen LogP contribution is -2.27. The molecule has 1 unspecified atom stereocenters. The maximum absolute atomic E-state index is 12.1. The largest absolute Gasteiger partial charge is 0.324 e. The lowest BCUT2D eigenvalue weighted by atomic mass is 10.1. The summed E-state index contributed by atoms with van der Waals surface area (Å²) in [4.78, 5) is 22.3. The molecule has 2 aromatic carbocycles. The summed E-state index contributed by atoms with van der Waals surface area (Å²) in [5, 5.41) is 13.4. The summed E-state index contributed by atoms with van der Waals surface area (Å²) in [6.07, 6.45) is 0. The molecule has 3 N–H and O–H groups in total. The first-order chi connectivity index (χ1) is 9.99. The van der Waals surface area contributed by atoms with Crippen LogP contribution in [-0.4, -0.2) is 10.8 Å². The summed E-state index contributed by atoms with van der Waals surface area (Å²) in [6.45, 7) is 1.69. The summed E-state index contributed by atoms with van der Waals surface area (Å²) in [5.74, 6) is -0.363. The Labute approximate surface area is 121 Å². The zero-order valence-electron chi connectivity index (χ0n) is 11.4. The number of carbonyl (C=O) groups excluding carboxylic acids is 1. The van der Waals surface area contributed by atoms with Gasteiger partial charge in [-0.2, -0.15) is 0 Å². The van der Waals surface area contributed by atoms with Gasteiger partial charge in [-0.1, -0.05) is 30.3 Å². The van der Waals surface area contributed by atoms with Gasteiger partial charge in [0.2, 0.25) is 5.91 Å². The number of nitro benzene ring substituents is 1. The predicted molar refractivity (Wildman–Crippen MR) is 79.8 cm³/mol. The van der Waals surface area contributed by atoms with E-state index in [0.29, 0.717) is 16.8 Å². The van der Waals surface area contributed by atoms with Crippen molar-refractivity contribution in [2.45, 2.75) is 13.0 Å². The molecule has 0 aliphatic carbocycles. The van der Waals surface area contributed by atoms with Crippen LogP contribution in [0.2, 0.25) is 0 Å². The predicted octanol–water partition coefficient (Wildman–Crippen LogP) is 2.54. The smallest absolute Gasteiger partial charge is 0.269 e. The molecule has 0 fully saturated rings. The van der Waals surface area contributed by atoms with Crippen LogP contribution in [0.3, 0.4) is 0 Å². The van der Waals surface area contributed by atoms with Crippen molar-refractivity contribution in [2.75, 3.05) is 5.32 Å². The normalized spacial score (nSPS) is 11.7. The summed E-state index contributed by atoms with van der Waals surface area (Å²) in [7, 11) is 0. The van der Waals surface area contributed by atoms with Crippen LogP contribution in [0.1, 0.15) is 17.2 Å². The van der Waals surface area contributed by atoms with Crippen LogP contribution < -0.4 is 11.1 Å². The zero-order chi connectivity index (χ0) is 15.4. The van der Waals surface area contributed by atoms with Gasteiger partial charge in [0.1, 0.15) is 6.04 Å². The number of aryl methyl sites for hydroxylation is 1. The molecule has 21 heavy (non-hydrogen) atoms. The molecule has 0 aliphatic rings. The third-order valence-electron chi connectivity index (χ3n) is 3.12. The van der Waals surface area contributed by atoms with Gasteiger partial charge in [0.05, 0.1) is 4.92 Å². The molecule has 0 heterocycles. The molecule has 0 aliphatic heterocycles. The topological polar surface area (TPSA) is 98.3 Å². The minimum absolute atomic E-state index is 0.0159. The molecule has 108 valence electrons. The van der Waals surface area contributed by atoms with Crippen molar-refractivity contribution in [3.8, 4) is 0 Å². The maximum atomic E-state index is 12.1. The standard InChI is InChI=1S/C15H15N3O3/c1-10-9-12(18(20)21)7-8-13(10)17-15(19)14(16)11-5-3-2-4-6-11/h2-9,14H,16H2,1H3,(H,17,19). The number of rotatable bonds is 4. The van der Waals surface area contributed by atoms with E-state index in [0.717, 1.165) is 0 Å². The van der Waals surface area contributed by atoms with E-state index >= 15 is 0 Å². The molecule has 0 spiro atoms. The molecule has 0 aromatic heterocycles. The number of anilines is 1. The summed E-state index contributed by atoms with van der Waals surface area (Å²) in [6, 6.07) is 12.5. The second-order valence-corrected chi connectivity index (χ2v) is 4.63. The van der Waals surface area contributed by atoms with Crippen LogP contribution >= 0.6 is 0 Å². The molecule has 2 rings (SSSR count). The first-order valence-electron chi connectivity index (χ1n) is 6.35. The number of nitro groups is 1. The van der Waals surface area contributed by atoms with Crippen molar-refractivity contribution >= 4 is 17.3 Å². The Hall–Kier alpha value is -2.73. The average molecular weight is 285 g/mol. The van der Waals surface area contributed by atoms with Gasteiger partial charge in [-0.05, 0) is 24.1 Å². The van der Waals surface area contributed by atoms with E-state index in [1.807, 2.05) is 6.07 Å². The number of hydrogen-bond donors (Lipinski definition) is 2. The second kappa shape index (κ2) is 6.15. The monoisotopic (exact) mass is 285 g/mol. The minimum Gasteiger partial charge on any atom is -0.324 e. The van der Waals surface area contributed by atoms with E-state index in [2.05, 4.69) is 5.32 Å². The molecule has 2 aromatic rings. The summed E-state index contributed by atoms with van der Waals surface area (Å²) >= 11 is 0. The fourth-order valence-corrected chi connectivity index (χ4v) is 1.92. The number of benzene rings is 2. The van der Waals surface area contributed by atoms with Crippen LogP contribution in [0.5, 0.6) is 0 Å². The summed E-state index contributed by atoms with van der Waals surface area (Å²) < 4.78 is 0. The van der Waals surface area contributed by atoms with Crippen molar-refractivity contribution < 1.29 is 9.72 Å². The van der Waals surface area contributed by atoms with E-state index in [9.17, 15) is 14.9 Å². The van der Waals surface area contributed by atoms with E-state index < -0.39 is 11.0 Å². The highest BCUT2D eigenvalue weighted by Gasteiger charge is 2.17. The third kappa shape index (κ3) is 3.43. The van der Waals surface area contributed by atoms with Gasteiger partial charge in [0.15, 0.2) is 0 Å². The van der Waals surface area contributed by atoms with Crippen LogP contribution in [0.15, 0.2) is 48.5 Å². The quantitative estimate of drug-likeness (QED) is 0.666. The van der Waals surface area contributed by atoms with Crippen molar-refractivity contribution in [3.63, 3.8) is 0 Å². The van der Waals surface area contributed by atoms with Gasteiger partial charge in [0, 0.05) is 17.8 Å². The van der Waals surface area contributed by atoms with Crippen LogP contribution in [0.4, 0.5) is 11.4 Å². The number of hydrogen-bond acceptors (Lipinski definition) is 4. The molecule has 0 radical (unpaired) electrons. The third-order valence-corrected chi connectivity index (χ3v) is 3.12. The summed E-state index contributed by atoms with van der Waals surface area (Å²) in [5.41, 5.74) is 7.70. The first-order valence-corrected chi connectivity index (χ1v) is 6.35. The number of nitrogens with one attached hydrogen (secondary N) is 1. The van der Waals surface area contributed by atoms with E-state index in [4.69, 9.17) is 5.73 Å². The highest BCUT2D eigenvalue weighted by molar-refractivity contribution is 5.96. The molecule has 0 bridgehead atoms. The fraction of sp³-hybridized carbons (Fsp3) is 0.133. The van der Waals surface area contributed by atoms with Crippen LogP contribution in [0, 0.1) is 17.0 Å². The Morgan fingerprint density at radius 1 is 1.24 bits per heavy atom. The van der Waals surface area contributed by atoms with Crippen molar-refractivity contribution in [1.82, 2.24) is 0 Å². The van der Waals surface area contributed by atoms with Gasteiger partial charge < -0.3 is 11.1 Å². The zero-order valence-corrected chi connectivity index (χ0v) is 11.4. The Kier molecular flexibility index (Phi) is 4.30. The van der Waals surface area contributed by atoms with Crippen molar-refractivity contribution in [2.24, 2.45) is 5.73 Å². The Balaban J connectivity index is 2.15. The fourth-order valence-electron chi connectivity index (χ4n) is 1.92. The number of carbonyl (C=O) groups is 1. The molecule has 0 saturated carbocycles. The highest BCUT2D eigenvalue weighted by atomic mass is 16.6. The maximum Gasteiger partial charge on any atom is 0.269 e. The van der Waals surface area contributed by atoms with E-state index in [1.54, 1.807) is 31.2 Å². The second-order valence-electron chi connectivity index (χ2n) is 4.63. The lowest BCUT2D eigenvalue weighted by Gasteiger charge is -2.13. The SMILES string of the molecule is Cc1cc([N+](=O)[O-])ccc1NC(=O)C(N)c1ccccc1. The van der Waals surface area contributed by atoms with Gasteiger partial charge >= 0.3 is 0 Å². The number of non-ortho nitro benzene ring substituents is 1. The molecule has 6 heteroatoms. The Bertz CT molecular complexity index is 671. The first kappa shape index (κ1) is 14.7. The van der Waals surface area contributed by atoms with Crippen LogP contribution in [0.25, 0.3) is 0 Å². The van der Waals surface area contributed by atoms with Crippen molar-refractivity contribution in [3.05, 3.63) is 69.8 Å². The lowest BCUT2D eigenvalue weighted by molar-refractivity contribution is -0.384. The minimum atomic E-state index is -0.791. The van der Waals surface area contributed by atoms with Gasteiger partial charge in [-0.3, -0.25) is 14.9 Å². The van der Waals surface area contributed by atoms with Gasteiger partial charge in [0.25, 0.3) is 5.69 Å². The Morgan fingerprint density at radius 3 is 2.48 bits per heavy atom. The van der Waals surface area contributed by atoms with Crippen molar-refractivity contribution in [1.29, 1.82) is 0 Å². The van der Waals surface area contributed by atoms with Crippen LogP contribution in [-0.2, 0) is 4.79 Å².